The van der Waals surface area contributed by atoms with E-state index in [4.69, 9.17) is 4.74 Å². The molecule has 3 rings (SSSR count). The first kappa shape index (κ1) is 18.6. The molecule has 2 aromatic rings. The molecule has 1 aliphatic heterocycles. The van der Waals surface area contributed by atoms with Crippen molar-refractivity contribution < 1.29 is 9.53 Å². The van der Waals surface area contributed by atoms with E-state index in [9.17, 15) is 4.79 Å². The molecular formula is C22H28N2O2. The number of esters is 1. The van der Waals surface area contributed by atoms with Crippen molar-refractivity contribution in [1.82, 2.24) is 9.80 Å². The Bertz CT molecular complexity index is 694. The van der Waals surface area contributed by atoms with Crippen LogP contribution >= 0.6 is 0 Å². The van der Waals surface area contributed by atoms with Crippen molar-refractivity contribution in [2.45, 2.75) is 19.4 Å². The number of benzene rings is 2. The van der Waals surface area contributed by atoms with Gasteiger partial charge in [0.2, 0.25) is 0 Å². The van der Waals surface area contributed by atoms with Gasteiger partial charge in [-0.25, -0.2) is 0 Å². The minimum Gasteiger partial charge on any atom is -0.469 e. The molecule has 0 unspecified atom stereocenters. The van der Waals surface area contributed by atoms with Crippen molar-refractivity contribution in [2.75, 3.05) is 39.8 Å². The lowest BCUT2D eigenvalue weighted by atomic mass is 9.99. The second-order valence-electron chi connectivity index (χ2n) is 6.88. The maximum atomic E-state index is 11.3. The van der Waals surface area contributed by atoms with E-state index >= 15 is 0 Å². The lowest BCUT2D eigenvalue weighted by Gasteiger charge is -2.34. The molecular weight excluding hydrogens is 324 g/mol. The van der Waals surface area contributed by atoms with Gasteiger partial charge in [-0.05, 0) is 23.1 Å². The molecule has 0 spiro atoms. The molecule has 138 valence electrons. The summed E-state index contributed by atoms with van der Waals surface area (Å²) in [6.07, 6.45) is 1.46. The van der Waals surface area contributed by atoms with Gasteiger partial charge in [0.15, 0.2) is 0 Å². The Morgan fingerprint density at radius 1 is 0.885 bits per heavy atom. The van der Waals surface area contributed by atoms with Crippen LogP contribution in [0, 0.1) is 0 Å². The maximum Gasteiger partial charge on any atom is 0.306 e. The average Bonchev–Trinajstić information content (AvgIpc) is 2.69. The molecule has 1 heterocycles. The molecule has 0 saturated carbocycles. The largest absolute Gasteiger partial charge is 0.469 e. The van der Waals surface area contributed by atoms with Crippen LogP contribution in [-0.4, -0.2) is 55.6 Å². The molecule has 0 aliphatic carbocycles. The van der Waals surface area contributed by atoms with E-state index in [0.717, 1.165) is 45.7 Å². The Labute approximate surface area is 156 Å². The van der Waals surface area contributed by atoms with Crippen LogP contribution in [0.3, 0.4) is 0 Å². The van der Waals surface area contributed by atoms with E-state index in [-0.39, 0.29) is 5.97 Å². The van der Waals surface area contributed by atoms with Crippen LogP contribution in [0.4, 0.5) is 0 Å². The fourth-order valence-electron chi connectivity index (χ4n) is 3.46. The molecule has 2 aromatic carbocycles. The standard InChI is InChI=1S/C22H28N2O2/c1-26-22(25)11-12-23-13-15-24(16-14-23)18-21-10-6-5-9-20(21)17-19-7-3-2-4-8-19/h2-10H,11-18H2,1H3. The number of methoxy groups -OCH3 is 1. The Morgan fingerprint density at radius 2 is 1.50 bits per heavy atom. The molecule has 0 atom stereocenters. The molecule has 4 nitrogen and oxygen atoms in total. The molecule has 0 radical (unpaired) electrons. The van der Waals surface area contributed by atoms with E-state index < -0.39 is 0 Å². The van der Waals surface area contributed by atoms with Gasteiger partial charge >= 0.3 is 5.97 Å². The second-order valence-corrected chi connectivity index (χ2v) is 6.88. The number of nitrogens with zero attached hydrogens (tertiary/aromatic N) is 2. The summed E-state index contributed by atoms with van der Waals surface area (Å²) < 4.78 is 4.73. The summed E-state index contributed by atoms with van der Waals surface area (Å²) in [5, 5.41) is 0. The lowest BCUT2D eigenvalue weighted by Crippen LogP contribution is -2.46. The molecule has 0 aromatic heterocycles. The highest BCUT2D eigenvalue weighted by Gasteiger charge is 2.18. The van der Waals surface area contributed by atoms with Crippen molar-refractivity contribution in [2.24, 2.45) is 0 Å². The SMILES string of the molecule is COC(=O)CCN1CCN(Cc2ccccc2Cc2ccccc2)CC1. The first-order chi connectivity index (χ1) is 12.7. The fraction of sp³-hybridized carbons (Fsp3) is 0.409. The number of hydrogen-bond acceptors (Lipinski definition) is 4. The predicted octanol–water partition coefficient (Wildman–Crippen LogP) is 2.96. The molecule has 4 heteroatoms. The minimum absolute atomic E-state index is 0.123. The van der Waals surface area contributed by atoms with Crippen molar-refractivity contribution in [1.29, 1.82) is 0 Å². The molecule has 0 bridgehead atoms. The Hall–Kier alpha value is -2.17. The molecule has 1 fully saturated rings. The predicted molar refractivity (Wildman–Crippen MR) is 104 cm³/mol. The van der Waals surface area contributed by atoms with Gasteiger partial charge in [-0.15, -0.1) is 0 Å². The van der Waals surface area contributed by atoms with Crippen LogP contribution in [-0.2, 0) is 22.5 Å². The van der Waals surface area contributed by atoms with Crippen molar-refractivity contribution >= 4 is 5.97 Å². The number of piperazine rings is 1. The monoisotopic (exact) mass is 352 g/mol. The first-order valence-electron chi connectivity index (χ1n) is 9.37. The third kappa shape index (κ3) is 5.41. The third-order valence-corrected chi connectivity index (χ3v) is 5.07. The number of ether oxygens (including phenoxy) is 1. The maximum absolute atomic E-state index is 11.3. The van der Waals surface area contributed by atoms with Gasteiger partial charge < -0.3 is 9.64 Å². The minimum atomic E-state index is -0.123. The third-order valence-electron chi connectivity index (χ3n) is 5.07. The zero-order valence-corrected chi connectivity index (χ0v) is 15.6. The van der Waals surface area contributed by atoms with E-state index in [1.54, 1.807) is 0 Å². The van der Waals surface area contributed by atoms with E-state index in [1.807, 2.05) is 0 Å². The molecule has 26 heavy (non-hydrogen) atoms. The Morgan fingerprint density at radius 3 is 2.19 bits per heavy atom. The van der Waals surface area contributed by atoms with Gasteiger partial charge in [0.05, 0.1) is 13.5 Å². The smallest absolute Gasteiger partial charge is 0.306 e. The molecule has 1 saturated heterocycles. The number of hydrogen-bond donors (Lipinski definition) is 0. The Balaban J connectivity index is 1.53. The molecule has 1 aliphatic rings. The number of rotatable bonds is 7. The van der Waals surface area contributed by atoms with Gasteiger partial charge in [0, 0.05) is 39.3 Å². The van der Waals surface area contributed by atoms with E-state index in [2.05, 4.69) is 64.4 Å². The van der Waals surface area contributed by atoms with Gasteiger partial charge in [-0.3, -0.25) is 9.69 Å². The van der Waals surface area contributed by atoms with E-state index in [1.165, 1.54) is 23.8 Å². The summed E-state index contributed by atoms with van der Waals surface area (Å²) in [7, 11) is 1.45. The van der Waals surface area contributed by atoms with Gasteiger partial charge in [0.25, 0.3) is 0 Å². The van der Waals surface area contributed by atoms with E-state index in [0.29, 0.717) is 6.42 Å². The fourth-order valence-corrected chi connectivity index (χ4v) is 3.46. The van der Waals surface area contributed by atoms with Gasteiger partial charge in [-0.1, -0.05) is 54.6 Å². The summed E-state index contributed by atoms with van der Waals surface area (Å²) in [5.41, 5.74) is 4.18. The summed E-state index contributed by atoms with van der Waals surface area (Å²) in [6, 6.07) is 19.4. The van der Waals surface area contributed by atoms with Crippen LogP contribution in [0.25, 0.3) is 0 Å². The van der Waals surface area contributed by atoms with Crippen molar-refractivity contribution in [3.63, 3.8) is 0 Å². The van der Waals surface area contributed by atoms with Crippen LogP contribution in [0.1, 0.15) is 23.1 Å². The highest BCUT2D eigenvalue weighted by molar-refractivity contribution is 5.69. The van der Waals surface area contributed by atoms with Crippen LogP contribution in [0.15, 0.2) is 54.6 Å². The summed E-state index contributed by atoms with van der Waals surface area (Å²) in [5.74, 6) is -0.123. The van der Waals surface area contributed by atoms with Crippen molar-refractivity contribution in [3.05, 3.63) is 71.3 Å². The Kier molecular flexibility index (Phi) is 6.81. The van der Waals surface area contributed by atoms with Crippen LogP contribution in [0.2, 0.25) is 0 Å². The highest BCUT2D eigenvalue weighted by Crippen LogP contribution is 2.17. The van der Waals surface area contributed by atoms with Crippen LogP contribution < -0.4 is 0 Å². The number of carbonyl (C=O) groups is 1. The zero-order valence-electron chi connectivity index (χ0n) is 15.6. The lowest BCUT2D eigenvalue weighted by molar-refractivity contribution is -0.141. The quantitative estimate of drug-likeness (QED) is 0.717. The zero-order chi connectivity index (χ0) is 18.2. The summed E-state index contributed by atoms with van der Waals surface area (Å²) in [4.78, 5) is 16.2. The molecule has 0 N–H and O–H groups in total. The van der Waals surface area contributed by atoms with Crippen molar-refractivity contribution in [3.8, 4) is 0 Å². The highest BCUT2D eigenvalue weighted by atomic mass is 16.5. The van der Waals surface area contributed by atoms with Gasteiger partial charge in [0.1, 0.15) is 0 Å². The topological polar surface area (TPSA) is 32.8 Å². The normalized spacial score (nSPS) is 15.7. The summed E-state index contributed by atoms with van der Waals surface area (Å²) >= 11 is 0. The van der Waals surface area contributed by atoms with Crippen LogP contribution in [0.5, 0.6) is 0 Å². The first-order valence-corrected chi connectivity index (χ1v) is 9.37. The average molecular weight is 352 g/mol. The molecule has 0 amide bonds. The number of carbonyl (C=O) groups excluding carboxylic acids is 1. The van der Waals surface area contributed by atoms with Gasteiger partial charge in [-0.2, -0.15) is 0 Å². The summed E-state index contributed by atoms with van der Waals surface area (Å²) in [6.45, 7) is 5.90. The second kappa shape index (κ2) is 9.51.